The lowest BCUT2D eigenvalue weighted by Gasteiger charge is -2.18. The van der Waals surface area contributed by atoms with E-state index in [1.807, 2.05) is 24.3 Å². The molecule has 0 amide bonds. The van der Waals surface area contributed by atoms with E-state index in [9.17, 15) is 14.4 Å². The van der Waals surface area contributed by atoms with Crippen LogP contribution >= 0.6 is 0 Å². The minimum absolute atomic E-state index is 0.101. The van der Waals surface area contributed by atoms with Crippen LogP contribution in [0.25, 0.3) is 0 Å². The van der Waals surface area contributed by atoms with Crippen LogP contribution in [0.5, 0.6) is 0 Å². The number of rotatable bonds is 50. The van der Waals surface area contributed by atoms with Crippen molar-refractivity contribution in [2.75, 3.05) is 13.2 Å². The van der Waals surface area contributed by atoms with Gasteiger partial charge >= 0.3 is 17.9 Å². The number of ether oxygens (including phenoxy) is 3. The van der Waals surface area contributed by atoms with Crippen molar-refractivity contribution in [2.45, 2.75) is 264 Å². The Bertz CT molecular complexity index is 1360. The second-order valence-corrected chi connectivity index (χ2v) is 18.6. The van der Waals surface area contributed by atoms with Crippen LogP contribution in [0, 0.1) is 0 Å². The molecule has 0 bridgehead atoms. The summed E-state index contributed by atoms with van der Waals surface area (Å²) >= 11 is 0. The Morgan fingerprint density at radius 3 is 0.956 bits per heavy atom. The normalized spacial score (nSPS) is 12.8. The SMILES string of the molecule is CCC\C=C/C=C\C=C/C=C\C=C/CCCCCCCC(=O)OCC(COC(=O)CCCCC/C=C\CCCCCCCCC)OC(=O)CCCCCCC/C=C\C=C/CCCCCCCCC. The fraction of sp³-hybridized carbons (Fsp3) is 0.694. The Kier molecular flexibility index (Phi) is 52.9. The maximum Gasteiger partial charge on any atom is 0.306 e. The van der Waals surface area contributed by atoms with Crippen molar-refractivity contribution in [3.63, 3.8) is 0 Å². The van der Waals surface area contributed by atoms with E-state index < -0.39 is 6.10 Å². The van der Waals surface area contributed by atoms with Gasteiger partial charge in [0.05, 0.1) is 0 Å². The molecule has 6 nitrogen and oxygen atoms in total. The molecule has 0 saturated carbocycles. The molecule has 0 aliphatic heterocycles. The Hall–Kier alpha value is -3.67. The summed E-state index contributed by atoms with van der Waals surface area (Å²) in [5.41, 5.74) is 0. The molecule has 0 aromatic heterocycles. The zero-order valence-electron chi connectivity index (χ0n) is 44.3. The molecule has 0 N–H and O–H groups in total. The van der Waals surface area contributed by atoms with Crippen LogP contribution < -0.4 is 0 Å². The summed E-state index contributed by atoms with van der Waals surface area (Å²) in [5.74, 6) is -0.954. The van der Waals surface area contributed by atoms with E-state index in [1.54, 1.807) is 0 Å². The number of unbranched alkanes of at least 4 members (excludes halogenated alkanes) is 28. The highest BCUT2D eigenvalue weighted by Crippen LogP contribution is 2.14. The number of hydrogen-bond acceptors (Lipinski definition) is 6. The molecular weight excluding hydrogens is 841 g/mol. The zero-order valence-corrected chi connectivity index (χ0v) is 44.3. The second kappa shape index (κ2) is 55.9. The van der Waals surface area contributed by atoms with Crippen molar-refractivity contribution in [3.05, 3.63) is 97.2 Å². The maximum absolute atomic E-state index is 12.8. The number of esters is 3. The maximum atomic E-state index is 12.8. The highest BCUT2D eigenvalue weighted by Gasteiger charge is 2.19. The van der Waals surface area contributed by atoms with Gasteiger partial charge < -0.3 is 14.2 Å². The van der Waals surface area contributed by atoms with Gasteiger partial charge in [-0.1, -0.05) is 246 Å². The van der Waals surface area contributed by atoms with Crippen molar-refractivity contribution >= 4 is 17.9 Å². The second-order valence-electron chi connectivity index (χ2n) is 18.6. The van der Waals surface area contributed by atoms with Gasteiger partial charge in [0.25, 0.3) is 0 Å². The van der Waals surface area contributed by atoms with Crippen LogP contribution in [0.2, 0.25) is 0 Å². The van der Waals surface area contributed by atoms with Crippen molar-refractivity contribution in [3.8, 4) is 0 Å². The molecule has 6 heteroatoms. The van der Waals surface area contributed by atoms with Crippen molar-refractivity contribution in [1.82, 2.24) is 0 Å². The predicted molar refractivity (Wildman–Crippen MR) is 293 cm³/mol. The summed E-state index contributed by atoms with van der Waals surface area (Å²) in [6, 6.07) is 0. The first-order chi connectivity index (χ1) is 33.5. The van der Waals surface area contributed by atoms with Gasteiger partial charge in [-0.25, -0.2) is 0 Å². The summed E-state index contributed by atoms with van der Waals surface area (Å²) in [7, 11) is 0. The van der Waals surface area contributed by atoms with Gasteiger partial charge in [-0.05, 0) is 89.9 Å². The lowest BCUT2D eigenvalue weighted by molar-refractivity contribution is -0.167. The van der Waals surface area contributed by atoms with Crippen LogP contribution in [0.1, 0.15) is 258 Å². The van der Waals surface area contributed by atoms with Crippen LogP contribution in [-0.4, -0.2) is 37.2 Å². The highest BCUT2D eigenvalue weighted by atomic mass is 16.6. The van der Waals surface area contributed by atoms with E-state index in [1.165, 1.54) is 103 Å². The van der Waals surface area contributed by atoms with E-state index in [0.717, 1.165) is 116 Å². The third kappa shape index (κ3) is 53.3. The fourth-order valence-corrected chi connectivity index (χ4v) is 7.63. The molecule has 0 rings (SSSR count). The van der Waals surface area contributed by atoms with Gasteiger partial charge in [-0.3, -0.25) is 14.4 Å². The first-order valence-electron chi connectivity index (χ1n) is 28.3. The van der Waals surface area contributed by atoms with E-state index in [-0.39, 0.29) is 31.1 Å². The van der Waals surface area contributed by atoms with Crippen LogP contribution in [-0.2, 0) is 28.6 Å². The largest absolute Gasteiger partial charge is 0.462 e. The molecule has 0 aromatic rings. The van der Waals surface area contributed by atoms with Crippen LogP contribution in [0.4, 0.5) is 0 Å². The first kappa shape index (κ1) is 64.3. The van der Waals surface area contributed by atoms with Gasteiger partial charge in [0.15, 0.2) is 6.10 Å². The van der Waals surface area contributed by atoms with E-state index in [4.69, 9.17) is 14.2 Å². The Morgan fingerprint density at radius 1 is 0.294 bits per heavy atom. The molecule has 0 saturated heterocycles. The number of carbonyl (C=O) groups is 3. The van der Waals surface area contributed by atoms with Gasteiger partial charge in [-0.15, -0.1) is 0 Å². The molecule has 68 heavy (non-hydrogen) atoms. The fourth-order valence-electron chi connectivity index (χ4n) is 7.63. The minimum Gasteiger partial charge on any atom is -0.462 e. The average molecular weight is 946 g/mol. The highest BCUT2D eigenvalue weighted by molar-refractivity contribution is 5.71. The summed E-state index contributed by atoms with van der Waals surface area (Å²) in [5, 5.41) is 0. The van der Waals surface area contributed by atoms with Crippen molar-refractivity contribution < 1.29 is 28.6 Å². The molecule has 1 unspecified atom stereocenters. The summed E-state index contributed by atoms with van der Waals surface area (Å²) in [4.78, 5) is 38.1. The molecule has 0 fully saturated rings. The quantitative estimate of drug-likeness (QED) is 0.0199. The molecule has 0 spiro atoms. The van der Waals surface area contributed by atoms with Crippen LogP contribution in [0.3, 0.4) is 0 Å². The molecule has 0 aliphatic rings. The van der Waals surface area contributed by atoms with Crippen molar-refractivity contribution in [1.29, 1.82) is 0 Å². The van der Waals surface area contributed by atoms with Gasteiger partial charge in [-0.2, -0.15) is 0 Å². The lowest BCUT2D eigenvalue weighted by Crippen LogP contribution is -2.30. The van der Waals surface area contributed by atoms with Gasteiger partial charge in [0, 0.05) is 19.3 Å². The molecule has 388 valence electrons. The molecule has 0 heterocycles. The summed E-state index contributed by atoms with van der Waals surface area (Å²) < 4.78 is 16.8. The van der Waals surface area contributed by atoms with E-state index in [2.05, 4.69) is 93.7 Å². The molecule has 1 atom stereocenters. The van der Waals surface area contributed by atoms with E-state index >= 15 is 0 Å². The minimum atomic E-state index is -0.804. The average Bonchev–Trinajstić information content (AvgIpc) is 3.34. The monoisotopic (exact) mass is 945 g/mol. The molecule has 0 aromatic carbocycles. The summed E-state index contributed by atoms with van der Waals surface area (Å²) in [6.07, 6.45) is 73.8. The number of hydrogen-bond donors (Lipinski definition) is 0. The van der Waals surface area contributed by atoms with Gasteiger partial charge in [0.1, 0.15) is 13.2 Å². The number of allylic oxidation sites excluding steroid dienone is 16. The predicted octanol–water partition coefficient (Wildman–Crippen LogP) is 18.9. The number of carbonyl (C=O) groups excluding carboxylic acids is 3. The third-order valence-corrected chi connectivity index (χ3v) is 11.9. The van der Waals surface area contributed by atoms with Gasteiger partial charge in [0.2, 0.25) is 0 Å². The lowest BCUT2D eigenvalue weighted by atomic mass is 10.1. The Labute approximate surface area is 419 Å². The standard InChI is InChI=1S/C62H104O6/c1-4-7-10-13-16-19-22-25-28-30-32-34-37-40-43-46-49-52-55-61(64)67-58-59(57-66-60(63)54-51-48-45-42-39-36-27-24-21-18-15-12-9-6-3)68-62(65)56-53-50-47-44-41-38-35-33-31-29-26-23-20-17-14-11-8-5-2/h10,13,16,19,22,25,28-36,39,59H,4-9,11-12,14-15,17-18,20-21,23-24,26-27,37-38,40-58H2,1-3H3/b13-10-,19-16-,25-22-,30-28-,31-29-,34-32-,35-33-,39-36-. The zero-order chi connectivity index (χ0) is 49.3. The topological polar surface area (TPSA) is 78.9 Å². The smallest absolute Gasteiger partial charge is 0.306 e. The Morgan fingerprint density at radius 2 is 0.574 bits per heavy atom. The molecular formula is C62H104O6. The summed E-state index contributed by atoms with van der Waals surface area (Å²) in [6.45, 7) is 6.50. The van der Waals surface area contributed by atoms with Crippen molar-refractivity contribution in [2.24, 2.45) is 0 Å². The Balaban J connectivity index is 4.50. The third-order valence-electron chi connectivity index (χ3n) is 11.9. The molecule has 0 aliphatic carbocycles. The first-order valence-corrected chi connectivity index (χ1v) is 28.3. The van der Waals surface area contributed by atoms with Crippen LogP contribution in [0.15, 0.2) is 97.2 Å². The molecule has 0 radical (unpaired) electrons. The van der Waals surface area contributed by atoms with E-state index in [0.29, 0.717) is 19.3 Å².